The molecule has 0 radical (unpaired) electrons. The number of amides is 2. The van der Waals surface area contributed by atoms with Crippen molar-refractivity contribution in [1.29, 1.82) is 0 Å². The minimum absolute atomic E-state index is 0.130. The lowest BCUT2D eigenvalue weighted by atomic mass is 9.79. The lowest BCUT2D eigenvalue weighted by Crippen LogP contribution is -2.47. The van der Waals surface area contributed by atoms with Crippen LogP contribution in [0.3, 0.4) is 0 Å². The van der Waals surface area contributed by atoms with Crippen LogP contribution in [0.15, 0.2) is 24.5 Å². The van der Waals surface area contributed by atoms with Crippen LogP contribution in [0.2, 0.25) is 0 Å². The average Bonchev–Trinajstić information content (AvgIpc) is 2.92. The number of rotatable bonds is 4. The molecule has 2 atom stereocenters. The fraction of sp³-hybridized carbons (Fsp3) is 0.647. The number of aromatic nitrogens is 1. The van der Waals surface area contributed by atoms with E-state index < -0.39 is 0 Å². The molecule has 0 aromatic carbocycles. The number of carbonyl (C=O) groups excluding carboxylic acids is 1. The number of nitrogens with one attached hydrogen (secondary N) is 1. The Morgan fingerprint density at radius 3 is 2.76 bits per heavy atom. The van der Waals surface area contributed by atoms with Gasteiger partial charge in [-0.1, -0.05) is 13.3 Å². The van der Waals surface area contributed by atoms with E-state index in [0.29, 0.717) is 18.5 Å². The second-order valence-electron chi connectivity index (χ2n) is 6.46. The van der Waals surface area contributed by atoms with Gasteiger partial charge in [-0.2, -0.15) is 0 Å². The monoisotopic (exact) mass is 287 g/mol. The predicted molar refractivity (Wildman–Crippen MR) is 83.1 cm³/mol. The van der Waals surface area contributed by atoms with Gasteiger partial charge in [-0.05, 0) is 55.2 Å². The Morgan fingerprint density at radius 2 is 2.10 bits per heavy atom. The maximum atomic E-state index is 12.4. The Labute approximate surface area is 126 Å². The van der Waals surface area contributed by atoms with Crippen LogP contribution in [-0.2, 0) is 0 Å². The molecule has 1 saturated carbocycles. The zero-order chi connectivity index (χ0) is 14.7. The largest absolute Gasteiger partial charge is 0.337 e. The molecule has 1 aromatic heterocycles. The van der Waals surface area contributed by atoms with Gasteiger partial charge in [0.25, 0.3) is 0 Å². The first-order chi connectivity index (χ1) is 10.3. The summed E-state index contributed by atoms with van der Waals surface area (Å²) in [6.07, 6.45) is 9.92. The van der Waals surface area contributed by atoms with Gasteiger partial charge in [0, 0.05) is 31.5 Å². The minimum atomic E-state index is 0.130. The van der Waals surface area contributed by atoms with Gasteiger partial charge in [-0.15, -0.1) is 0 Å². The second-order valence-corrected chi connectivity index (χ2v) is 6.46. The number of urea groups is 1. The van der Waals surface area contributed by atoms with Crippen LogP contribution in [0.5, 0.6) is 0 Å². The Kier molecular flexibility index (Phi) is 4.42. The van der Waals surface area contributed by atoms with Crippen molar-refractivity contribution in [3.8, 4) is 0 Å². The molecule has 1 aliphatic carbocycles. The standard InChI is InChI=1S/C17H25N3O/c1-13(14-7-9-18-10-8-14)12-19-17(21)20-11-3-6-16(20)15-4-2-5-15/h7-10,13,15-16H,2-6,11-12H2,1H3,(H,19,21)/t13-,16-/m0/s1. The highest BCUT2D eigenvalue weighted by Crippen LogP contribution is 2.37. The number of hydrogen-bond acceptors (Lipinski definition) is 2. The highest BCUT2D eigenvalue weighted by atomic mass is 16.2. The van der Waals surface area contributed by atoms with E-state index >= 15 is 0 Å². The number of likely N-dealkylation sites (tertiary alicyclic amines) is 1. The van der Waals surface area contributed by atoms with Gasteiger partial charge in [0.15, 0.2) is 0 Å². The molecule has 0 spiro atoms. The van der Waals surface area contributed by atoms with Crippen LogP contribution in [0, 0.1) is 5.92 Å². The van der Waals surface area contributed by atoms with E-state index in [-0.39, 0.29) is 6.03 Å². The Balaban J connectivity index is 1.51. The molecule has 114 valence electrons. The molecular formula is C17H25N3O. The van der Waals surface area contributed by atoms with Gasteiger partial charge in [0.05, 0.1) is 0 Å². The first-order valence-corrected chi connectivity index (χ1v) is 8.20. The maximum absolute atomic E-state index is 12.4. The molecule has 1 saturated heterocycles. The Hall–Kier alpha value is -1.58. The molecular weight excluding hydrogens is 262 g/mol. The highest BCUT2D eigenvalue weighted by Gasteiger charge is 2.37. The molecule has 1 aliphatic heterocycles. The molecule has 1 N–H and O–H groups in total. The minimum Gasteiger partial charge on any atom is -0.337 e. The van der Waals surface area contributed by atoms with Gasteiger partial charge in [-0.25, -0.2) is 4.79 Å². The molecule has 3 rings (SSSR count). The summed E-state index contributed by atoms with van der Waals surface area (Å²) in [4.78, 5) is 18.6. The van der Waals surface area contributed by atoms with Crippen molar-refractivity contribution in [3.63, 3.8) is 0 Å². The summed E-state index contributed by atoms with van der Waals surface area (Å²) in [6.45, 7) is 3.76. The first-order valence-electron chi connectivity index (χ1n) is 8.20. The Morgan fingerprint density at radius 1 is 1.33 bits per heavy atom. The predicted octanol–water partition coefficient (Wildman–Crippen LogP) is 3.16. The fourth-order valence-electron chi connectivity index (χ4n) is 3.51. The van der Waals surface area contributed by atoms with Crippen LogP contribution >= 0.6 is 0 Å². The lowest BCUT2D eigenvalue weighted by molar-refractivity contribution is 0.139. The molecule has 2 amide bonds. The third-order valence-corrected chi connectivity index (χ3v) is 5.09. The summed E-state index contributed by atoms with van der Waals surface area (Å²) in [5, 5.41) is 3.12. The van der Waals surface area contributed by atoms with Crippen LogP contribution in [0.25, 0.3) is 0 Å². The van der Waals surface area contributed by atoms with Crippen molar-refractivity contribution in [2.24, 2.45) is 5.92 Å². The van der Waals surface area contributed by atoms with E-state index in [2.05, 4.69) is 22.1 Å². The fourth-order valence-corrected chi connectivity index (χ4v) is 3.51. The molecule has 0 bridgehead atoms. The van der Waals surface area contributed by atoms with Crippen molar-refractivity contribution < 1.29 is 4.79 Å². The van der Waals surface area contributed by atoms with Gasteiger partial charge >= 0.3 is 6.03 Å². The van der Waals surface area contributed by atoms with E-state index in [4.69, 9.17) is 0 Å². The Bertz CT molecular complexity index is 472. The van der Waals surface area contributed by atoms with E-state index in [1.165, 1.54) is 31.2 Å². The van der Waals surface area contributed by atoms with Crippen LogP contribution < -0.4 is 5.32 Å². The van der Waals surface area contributed by atoms with Crippen molar-refractivity contribution in [3.05, 3.63) is 30.1 Å². The number of pyridine rings is 1. The molecule has 2 heterocycles. The third kappa shape index (κ3) is 3.20. The summed E-state index contributed by atoms with van der Waals surface area (Å²) >= 11 is 0. The topological polar surface area (TPSA) is 45.2 Å². The number of carbonyl (C=O) groups is 1. The third-order valence-electron chi connectivity index (χ3n) is 5.09. The molecule has 1 aromatic rings. The van der Waals surface area contributed by atoms with E-state index in [9.17, 15) is 4.79 Å². The normalized spacial score (nSPS) is 23.7. The van der Waals surface area contributed by atoms with Gasteiger partial charge in [0.1, 0.15) is 0 Å². The van der Waals surface area contributed by atoms with Crippen molar-refractivity contribution in [1.82, 2.24) is 15.2 Å². The molecule has 0 unspecified atom stereocenters. The molecule has 2 aliphatic rings. The zero-order valence-electron chi connectivity index (χ0n) is 12.8. The van der Waals surface area contributed by atoms with E-state index in [1.54, 1.807) is 12.4 Å². The summed E-state index contributed by atoms with van der Waals surface area (Å²) in [7, 11) is 0. The van der Waals surface area contributed by atoms with Crippen molar-refractivity contribution in [2.45, 2.75) is 51.0 Å². The molecule has 4 heteroatoms. The summed E-state index contributed by atoms with van der Waals surface area (Å²) in [6, 6.07) is 4.66. The van der Waals surface area contributed by atoms with Gasteiger partial charge in [0.2, 0.25) is 0 Å². The van der Waals surface area contributed by atoms with Crippen molar-refractivity contribution in [2.75, 3.05) is 13.1 Å². The maximum Gasteiger partial charge on any atom is 0.317 e. The van der Waals surface area contributed by atoms with Crippen molar-refractivity contribution >= 4 is 6.03 Å². The second kappa shape index (κ2) is 6.46. The molecule has 2 fully saturated rings. The van der Waals surface area contributed by atoms with Crippen LogP contribution in [0.1, 0.15) is 50.5 Å². The molecule has 4 nitrogen and oxygen atoms in total. The lowest BCUT2D eigenvalue weighted by Gasteiger charge is -2.37. The number of hydrogen-bond donors (Lipinski definition) is 1. The number of nitrogens with zero attached hydrogens (tertiary/aromatic N) is 2. The molecule has 21 heavy (non-hydrogen) atoms. The van der Waals surface area contributed by atoms with Gasteiger partial charge in [-0.3, -0.25) is 4.98 Å². The first kappa shape index (κ1) is 14.4. The SMILES string of the molecule is C[C@@H](CNC(=O)N1CCC[C@H]1C1CCC1)c1ccncc1. The average molecular weight is 287 g/mol. The smallest absolute Gasteiger partial charge is 0.317 e. The summed E-state index contributed by atoms with van der Waals surface area (Å²) in [5.41, 5.74) is 1.22. The van der Waals surface area contributed by atoms with Gasteiger partial charge < -0.3 is 10.2 Å². The highest BCUT2D eigenvalue weighted by molar-refractivity contribution is 5.75. The summed E-state index contributed by atoms with van der Waals surface area (Å²) in [5.74, 6) is 1.08. The quantitative estimate of drug-likeness (QED) is 0.924. The van der Waals surface area contributed by atoms with E-state index in [0.717, 1.165) is 18.9 Å². The van der Waals surface area contributed by atoms with Crippen LogP contribution in [0.4, 0.5) is 4.79 Å². The van der Waals surface area contributed by atoms with Crippen LogP contribution in [-0.4, -0.2) is 35.0 Å². The summed E-state index contributed by atoms with van der Waals surface area (Å²) < 4.78 is 0. The zero-order valence-corrected chi connectivity index (χ0v) is 12.8. The van der Waals surface area contributed by atoms with E-state index in [1.807, 2.05) is 12.1 Å².